The van der Waals surface area contributed by atoms with E-state index < -0.39 is 0 Å². The summed E-state index contributed by atoms with van der Waals surface area (Å²) in [6.45, 7) is 4.78. The average Bonchev–Trinajstić information content (AvgIpc) is 2.58. The summed E-state index contributed by atoms with van der Waals surface area (Å²) < 4.78 is 6.69. The molecule has 0 saturated carbocycles. The zero-order chi connectivity index (χ0) is 19.4. The van der Waals surface area contributed by atoms with E-state index >= 15 is 0 Å². The Morgan fingerprint density at radius 2 is 1.58 bits per heavy atom. The standard InChI is InChI=1S/C21H34Cl2NO2/c1-4-5-6-7-8-9-10-11-12-24(2,3)13-14-26-21-18(17-25)15-19(22)16-20(21)23/h15-17H,4-14H2,1-3H3/q+1. The fourth-order valence-corrected chi connectivity index (χ4v) is 3.56. The number of aldehydes is 1. The fourth-order valence-electron chi connectivity index (χ4n) is 3.00. The molecule has 1 aromatic rings. The number of hydrogen-bond donors (Lipinski definition) is 0. The molecule has 0 saturated heterocycles. The normalized spacial score (nSPS) is 11.6. The lowest BCUT2D eigenvalue weighted by Gasteiger charge is -2.30. The Hall–Kier alpha value is -0.770. The fraction of sp³-hybridized carbons (Fsp3) is 0.667. The van der Waals surface area contributed by atoms with Gasteiger partial charge in [-0.2, -0.15) is 0 Å². The highest BCUT2D eigenvalue weighted by atomic mass is 35.5. The third-order valence-electron chi connectivity index (χ3n) is 4.72. The number of benzene rings is 1. The zero-order valence-electron chi connectivity index (χ0n) is 16.5. The van der Waals surface area contributed by atoms with Gasteiger partial charge in [-0.25, -0.2) is 0 Å². The minimum atomic E-state index is 0.382. The number of halogens is 2. The third-order valence-corrected chi connectivity index (χ3v) is 5.22. The lowest BCUT2D eigenvalue weighted by atomic mass is 10.1. The first-order valence-corrected chi connectivity index (χ1v) is 10.5. The number of rotatable bonds is 14. The highest BCUT2D eigenvalue weighted by Crippen LogP contribution is 2.31. The van der Waals surface area contributed by atoms with Crippen LogP contribution in [0.2, 0.25) is 10.0 Å². The highest BCUT2D eigenvalue weighted by Gasteiger charge is 2.16. The second-order valence-electron chi connectivity index (χ2n) is 7.63. The van der Waals surface area contributed by atoms with Crippen molar-refractivity contribution in [2.45, 2.75) is 58.3 Å². The number of unbranched alkanes of at least 4 members (excludes halogenated alkanes) is 7. The maximum Gasteiger partial charge on any atom is 0.153 e. The summed E-state index contributed by atoms with van der Waals surface area (Å²) in [7, 11) is 4.43. The van der Waals surface area contributed by atoms with Gasteiger partial charge >= 0.3 is 0 Å². The van der Waals surface area contributed by atoms with E-state index in [0.717, 1.165) is 23.9 Å². The van der Waals surface area contributed by atoms with Crippen molar-refractivity contribution in [3.05, 3.63) is 27.7 Å². The smallest absolute Gasteiger partial charge is 0.153 e. The van der Waals surface area contributed by atoms with Crippen LogP contribution in [-0.4, -0.2) is 44.6 Å². The largest absolute Gasteiger partial charge is 0.485 e. The second-order valence-corrected chi connectivity index (χ2v) is 8.47. The van der Waals surface area contributed by atoms with Crippen LogP contribution in [0, 0.1) is 0 Å². The van der Waals surface area contributed by atoms with E-state index in [1.165, 1.54) is 51.4 Å². The predicted octanol–water partition coefficient (Wildman–Crippen LogP) is 6.40. The van der Waals surface area contributed by atoms with Gasteiger partial charge in [-0.1, -0.05) is 68.7 Å². The van der Waals surface area contributed by atoms with E-state index in [1.807, 2.05) is 0 Å². The summed E-state index contributed by atoms with van der Waals surface area (Å²) in [4.78, 5) is 11.2. The molecule has 0 unspecified atom stereocenters. The molecule has 26 heavy (non-hydrogen) atoms. The molecule has 0 aliphatic rings. The van der Waals surface area contributed by atoms with Crippen LogP contribution >= 0.6 is 23.2 Å². The maximum absolute atomic E-state index is 11.2. The van der Waals surface area contributed by atoms with Gasteiger partial charge in [0.25, 0.3) is 0 Å². The number of hydrogen-bond acceptors (Lipinski definition) is 2. The molecular weight excluding hydrogens is 369 g/mol. The van der Waals surface area contributed by atoms with Gasteiger partial charge in [0.15, 0.2) is 6.29 Å². The van der Waals surface area contributed by atoms with Crippen LogP contribution in [0.1, 0.15) is 68.6 Å². The SMILES string of the molecule is CCCCCCCCCC[N+](C)(C)CCOc1c(Cl)cc(Cl)cc1C=O. The van der Waals surface area contributed by atoms with Crippen LogP contribution in [0.3, 0.4) is 0 Å². The predicted molar refractivity (Wildman–Crippen MR) is 112 cm³/mol. The molecule has 0 aliphatic carbocycles. The van der Waals surface area contributed by atoms with Crippen LogP contribution in [-0.2, 0) is 0 Å². The van der Waals surface area contributed by atoms with Gasteiger partial charge in [0.1, 0.15) is 18.9 Å². The van der Waals surface area contributed by atoms with E-state index in [-0.39, 0.29) is 0 Å². The van der Waals surface area contributed by atoms with E-state index in [9.17, 15) is 4.79 Å². The Balaban J connectivity index is 2.28. The molecule has 0 aliphatic heterocycles. The van der Waals surface area contributed by atoms with Crippen molar-refractivity contribution in [3.8, 4) is 5.75 Å². The number of ether oxygens (including phenoxy) is 1. The lowest BCUT2D eigenvalue weighted by Crippen LogP contribution is -2.43. The maximum atomic E-state index is 11.2. The Morgan fingerprint density at radius 1 is 0.962 bits per heavy atom. The monoisotopic (exact) mass is 402 g/mol. The Morgan fingerprint density at radius 3 is 2.19 bits per heavy atom. The average molecular weight is 403 g/mol. The molecule has 3 nitrogen and oxygen atoms in total. The van der Waals surface area contributed by atoms with Gasteiger partial charge in [0.05, 0.1) is 31.2 Å². The summed E-state index contributed by atoms with van der Waals surface area (Å²) in [5.74, 6) is 0.429. The van der Waals surface area contributed by atoms with Crippen molar-refractivity contribution in [2.24, 2.45) is 0 Å². The minimum absolute atomic E-state index is 0.382. The zero-order valence-corrected chi connectivity index (χ0v) is 18.0. The minimum Gasteiger partial charge on any atom is -0.485 e. The molecule has 0 atom stereocenters. The van der Waals surface area contributed by atoms with Crippen molar-refractivity contribution in [1.29, 1.82) is 0 Å². The molecule has 0 amide bonds. The summed E-state index contributed by atoms with van der Waals surface area (Å²) in [5, 5.41) is 0.822. The van der Waals surface area contributed by atoms with Crippen LogP contribution in [0.4, 0.5) is 0 Å². The first kappa shape index (κ1) is 23.3. The number of quaternary nitrogens is 1. The van der Waals surface area contributed by atoms with Crippen LogP contribution in [0.5, 0.6) is 5.75 Å². The van der Waals surface area contributed by atoms with Gasteiger partial charge in [-0.05, 0) is 25.0 Å². The summed E-state index contributed by atoms with van der Waals surface area (Å²) in [5.41, 5.74) is 0.399. The third kappa shape index (κ3) is 9.25. The van der Waals surface area contributed by atoms with Crippen molar-refractivity contribution in [2.75, 3.05) is 33.8 Å². The van der Waals surface area contributed by atoms with Crippen molar-refractivity contribution in [3.63, 3.8) is 0 Å². The van der Waals surface area contributed by atoms with Crippen LogP contribution < -0.4 is 4.74 Å². The van der Waals surface area contributed by atoms with Crippen LogP contribution in [0.15, 0.2) is 12.1 Å². The molecule has 1 aromatic carbocycles. The number of nitrogens with zero attached hydrogens (tertiary/aromatic N) is 1. The summed E-state index contributed by atoms with van der Waals surface area (Å²) in [6.07, 6.45) is 11.4. The topological polar surface area (TPSA) is 26.3 Å². The van der Waals surface area contributed by atoms with Crippen molar-refractivity contribution in [1.82, 2.24) is 0 Å². The van der Waals surface area contributed by atoms with Gasteiger partial charge in [-0.3, -0.25) is 4.79 Å². The van der Waals surface area contributed by atoms with E-state index in [4.69, 9.17) is 27.9 Å². The molecule has 0 N–H and O–H groups in total. The molecule has 148 valence electrons. The lowest BCUT2D eigenvalue weighted by molar-refractivity contribution is -0.890. The molecular formula is C21H34Cl2NO2+. The number of likely N-dealkylation sites (N-methyl/N-ethyl adjacent to an activating group) is 1. The van der Waals surface area contributed by atoms with Crippen LogP contribution in [0.25, 0.3) is 0 Å². The quantitative estimate of drug-likeness (QED) is 0.204. The van der Waals surface area contributed by atoms with Gasteiger partial charge in [0, 0.05) is 5.02 Å². The van der Waals surface area contributed by atoms with Gasteiger partial charge in [-0.15, -0.1) is 0 Å². The van der Waals surface area contributed by atoms with E-state index in [2.05, 4.69) is 21.0 Å². The molecule has 0 aromatic heterocycles. The number of carbonyl (C=O) groups excluding carboxylic acids is 1. The number of carbonyl (C=O) groups is 1. The second kappa shape index (κ2) is 12.6. The first-order valence-electron chi connectivity index (χ1n) is 9.78. The summed E-state index contributed by atoms with van der Waals surface area (Å²) in [6, 6.07) is 3.18. The molecule has 0 fully saturated rings. The molecule has 1 rings (SSSR count). The van der Waals surface area contributed by atoms with Crippen molar-refractivity contribution < 1.29 is 14.0 Å². The molecule has 0 heterocycles. The summed E-state index contributed by atoms with van der Waals surface area (Å²) >= 11 is 12.1. The van der Waals surface area contributed by atoms with E-state index in [1.54, 1.807) is 12.1 Å². The van der Waals surface area contributed by atoms with Crippen molar-refractivity contribution >= 4 is 29.5 Å². The first-order chi connectivity index (χ1) is 12.4. The molecule has 5 heteroatoms. The van der Waals surface area contributed by atoms with Gasteiger partial charge in [0.2, 0.25) is 0 Å². The molecule has 0 bridgehead atoms. The Bertz CT molecular complexity index is 547. The Kier molecular flexibility index (Phi) is 11.3. The highest BCUT2D eigenvalue weighted by molar-refractivity contribution is 6.36. The van der Waals surface area contributed by atoms with E-state index in [0.29, 0.717) is 28.0 Å². The molecule has 0 radical (unpaired) electrons. The molecule has 0 spiro atoms. The van der Waals surface area contributed by atoms with Gasteiger partial charge < -0.3 is 9.22 Å². The Labute approximate surface area is 169 Å².